The Labute approximate surface area is 157 Å². The molecule has 1 saturated heterocycles. The molecule has 27 heavy (non-hydrogen) atoms. The Morgan fingerprint density at radius 3 is 2.70 bits per heavy atom. The van der Waals surface area contributed by atoms with Gasteiger partial charge in [0.25, 0.3) is 0 Å². The third kappa shape index (κ3) is 4.30. The molecule has 0 unspecified atom stereocenters. The summed E-state index contributed by atoms with van der Waals surface area (Å²) in [7, 11) is 0. The molecule has 4 rings (SSSR count). The lowest BCUT2D eigenvalue weighted by molar-refractivity contribution is 0.617. The van der Waals surface area contributed by atoms with Crippen molar-refractivity contribution in [2.75, 3.05) is 29.9 Å². The Morgan fingerprint density at radius 2 is 1.89 bits per heavy atom. The van der Waals surface area contributed by atoms with Crippen LogP contribution in [0.4, 0.5) is 16.0 Å². The van der Waals surface area contributed by atoms with Crippen molar-refractivity contribution in [2.45, 2.75) is 32.1 Å². The molecule has 4 heterocycles. The highest BCUT2D eigenvalue weighted by Crippen LogP contribution is 2.23. The minimum Gasteiger partial charge on any atom is -0.368 e. The van der Waals surface area contributed by atoms with Crippen LogP contribution in [0.1, 0.15) is 31.4 Å². The monoisotopic (exact) mass is 366 g/mol. The molecule has 1 fully saturated rings. The van der Waals surface area contributed by atoms with E-state index in [2.05, 4.69) is 25.2 Å². The summed E-state index contributed by atoms with van der Waals surface area (Å²) in [5, 5.41) is 3.39. The maximum Gasteiger partial charge on any atom is 0.156 e. The SMILES string of the molecule is Fc1ccc(CCCCNc2ncnc3ccc(N4CCCC4)nc23)nc1. The van der Waals surface area contributed by atoms with Crippen LogP contribution in [0, 0.1) is 5.82 Å². The number of aromatic nitrogens is 4. The van der Waals surface area contributed by atoms with Gasteiger partial charge in [-0.05, 0) is 56.4 Å². The molecule has 0 bridgehead atoms. The number of hydrogen-bond donors (Lipinski definition) is 1. The maximum atomic E-state index is 12.9. The van der Waals surface area contributed by atoms with Crippen LogP contribution < -0.4 is 10.2 Å². The van der Waals surface area contributed by atoms with Gasteiger partial charge < -0.3 is 10.2 Å². The third-order valence-corrected chi connectivity index (χ3v) is 4.84. The third-order valence-electron chi connectivity index (χ3n) is 4.84. The van der Waals surface area contributed by atoms with Crippen LogP contribution >= 0.6 is 0 Å². The van der Waals surface area contributed by atoms with E-state index in [9.17, 15) is 4.39 Å². The molecule has 1 N–H and O–H groups in total. The molecule has 0 saturated carbocycles. The van der Waals surface area contributed by atoms with Gasteiger partial charge in [0.05, 0.1) is 11.7 Å². The highest BCUT2D eigenvalue weighted by molar-refractivity contribution is 5.86. The molecule has 1 aliphatic rings. The van der Waals surface area contributed by atoms with Crippen molar-refractivity contribution in [1.29, 1.82) is 0 Å². The van der Waals surface area contributed by atoms with Crippen LogP contribution in [0.25, 0.3) is 11.0 Å². The number of nitrogens with zero attached hydrogens (tertiary/aromatic N) is 5. The van der Waals surface area contributed by atoms with Gasteiger partial charge in [-0.3, -0.25) is 4.98 Å². The average Bonchev–Trinajstić information content (AvgIpc) is 3.24. The Morgan fingerprint density at radius 1 is 1.00 bits per heavy atom. The highest BCUT2D eigenvalue weighted by atomic mass is 19.1. The van der Waals surface area contributed by atoms with Gasteiger partial charge in [0.15, 0.2) is 5.82 Å². The Balaban J connectivity index is 1.36. The van der Waals surface area contributed by atoms with Gasteiger partial charge in [-0.25, -0.2) is 19.3 Å². The lowest BCUT2D eigenvalue weighted by Crippen LogP contribution is -2.19. The van der Waals surface area contributed by atoms with Crippen molar-refractivity contribution in [3.05, 3.63) is 48.3 Å². The number of pyridine rings is 2. The van der Waals surface area contributed by atoms with Crippen LogP contribution in [0.15, 0.2) is 36.8 Å². The van der Waals surface area contributed by atoms with Gasteiger partial charge in [0.1, 0.15) is 23.5 Å². The zero-order chi connectivity index (χ0) is 18.5. The number of nitrogens with one attached hydrogen (secondary N) is 1. The minimum atomic E-state index is -0.295. The summed E-state index contributed by atoms with van der Waals surface area (Å²) in [6.07, 6.45) is 8.06. The van der Waals surface area contributed by atoms with Crippen LogP contribution in [0.5, 0.6) is 0 Å². The average molecular weight is 366 g/mol. The van der Waals surface area contributed by atoms with E-state index < -0.39 is 0 Å². The molecular formula is C20H23FN6. The van der Waals surface area contributed by atoms with Crippen LogP contribution in [0.2, 0.25) is 0 Å². The molecule has 7 heteroatoms. The zero-order valence-corrected chi connectivity index (χ0v) is 15.2. The van der Waals surface area contributed by atoms with E-state index in [1.165, 1.54) is 25.1 Å². The number of fused-ring (bicyclic) bond motifs is 1. The molecule has 140 valence electrons. The van der Waals surface area contributed by atoms with Crippen molar-refractivity contribution >= 4 is 22.7 Å². The fourth-order valence-electron chi connectivity index (χ4n) is 3.37. The molecule has 3 aromatic rings. The van der Waals surface area contributed by atoms with Gasteiger partial charge in [-0.15, -0.1) is 0 Å². The first kappa shape index (κ1) is 17.6. The summed E-state index contributed by atoms with van der Waals surface area (Å²) in [5.74, 6) is 1.48. The Kier molecular flexibility index (Phi) is 5.37. The fraction of sp³-hybridized carbons (Fsp3) is 0.400. The summed E-state index contributed by atoms with van der Waals surface area (Å²) in [6.45, 7) is 2.92. The number of rotatable bonds is 7. The topological polar surface area (TPSA) is 66.8 Å². The summed E-state index contributed by atoms with van der Waals surface area (Å²) in [6, 6.07) is 7.25. The number of hydrogen-bond acceptors (Lipinski definition) is 6. The predicted molar refractivity (Wildman–Crippen MR) is 104 cm³/mol. The number of anilines is 2. The molecule has 0 aromatic carbocycles. The van der Waals surface area contributed by atoms with Crippen LogP contribution in [-0.2, 0) is 6.42 Å². The van der Waals surface area contributed by atoms with E-state index in [1.54, 1.807) is 12.4 Å². The van der Waals surface area contributed by atoms with E-state index >= 15 is 0 Å². The molecular weight excluding hydrogens is 343 g/mol. The van der Waals surface area contributed by atoms with Crippen LogP contribution in [0.3, 0.4) is 0 Å². The van der Waals surface area contributed by atoms with Gasteiger partial charge in [-0.2, -0.15) is 0 Å². The van der Waals surface area contributed by atoms with Crippen LogP contribution in [-0.4, -0.2) is 39.6 Å². The molecule has 3 aromatic heterocycles. The summed E-state index contributed by atoms with van der Waals surface area (Å²) in [5.41, 5.74) is 2.59. The summed E-state index contributed by atoms with van der Waals surface area (Å²) < 4.78 is 12.9. The van der Waals surface area contributed by atoms with E-state index in [0.717, 1.165) is 67.3 Å². The van der Waals surface area contributed by atoms with E-state index in [1.807, 2.05) is 12.1 Å². The summed E-state index contributed by atoms with van der Waals surface area (Å²) >= 11 is 0. The number of aryl methyl sites for hydroxylation is 1. The standard InChI is InChI=1S/C20H23FN6/c21-15-6-7-16(23-13-15)5-1-2-10-22-20-19-17(24-14-25-20)8-9-18(26-19)27-11-3-4-12-27/h6-9,13-14H,1-5,10-12H2,(H,22,24,25). The van der Waals surface area contributed by atoms with E-state index in [4.69, 9.17) is 4.98 Å². The largest absolute Gasteiger partial charge is 0.368 e. The number of halogens is 1. The molecule has 0 amide bonds. The Bertz CT molecular complexity index is 893. The molecule has 0 atom stereocenters. The zero-order valence-electron chi connectivity index (χ0n) is 15.2. The quantitative estimate of drug-likeness (QED) is 0.645. The van der Waals surface area contributed by atoms with E-state index in [0.29, 0.717) is 0 Å². The minimum absolute atomic E-state index is 0.295. The first-order valence-electron chi connectivity index (χ1n) is 9.50. The maximum absolute atomic E-state index is 12.9. The first-order chi connectivity index (χ1) is 13.3. The molecule has 0 aliphatic carbocycles. The van der Waals surface area contributed by atoms with Gasteiger partial charge in [-0.1, -0.05) is 0 Å². The lowest BCUT2D eigenvalue weighted by Gasteiger charge is -2.17. The molecule has 0 radical (unpaired) electrons. The normalized spacial score (nSPS) is 14.0. The first-order valence-corrected chi connectivity index (χ1v) is 9.50. The fourth-order valence-corrected chi connectivity index (χ4v) is 3.37. The number of unbranched alkanes of at least 4 members (excludes halogenated alkanes) is 1. The van der Waals surface area contributed by atoms with Gasteiger partial charge in [0.2, 0.25) is 0 Å². The van der Waals surface area contributed by atoms with Gasteiger partial charge >= 0.3 is 0 Å². The van der Waals surface area contributed by atoms with Gasteiger partial charge in [0, 0.05) is 25.3 Å². The molecule has 6 nitrogen and oxygen atoms in total. The van der Waals surface area contributed by atoms with Crippen molar-refractivity contribution in [2.24, 2.45) is 0 Å². The Hall–Kier alpha value is -2.83. The summed E-state index contributed by atoms with van der Waals surface area (Å²) in [4.78, 5) is 19.9. The smallest absolute Gasteiger partial charge is 0.156 e. The molecule has 0 spiro atoms. The molecule has 1 aliphatic heterocycles. The highest BCUT2D eigenvalue weighted by Gasteiger charge is 2.15. The van der Waals surface area contributed by atoms with Crippen molar-refractivity contribution in [3.63, 3.8) is 0 Å². The lowest BCUT2D eigenvalue weighted by atomic mass is 10.2. The predicted octanol–water partition coefficient (Wildman–Crippen LogP) is 3.59. The van der Waals surface area contributed by atoms with Crippen molar-refractivity contribution < 1.29 is 4.39 Å². The second kappa shape index (κ2) is 8.24. The van der Waals surface area contributed by atoms with Crippen molar-refractivity contribution in [3.8, 4) is 0 Å². The second-order valence-corrected chi connectivity index (χ2v) is 6.81. The van der Waals surface area contributed by atoms with E-state index in [-0.39, 0.29) is 5.82 Å². The second-order valence-electron chi connectivity index (χ2n) is 6.81. The van der Waals surface area contributed by atoms with Crippen molar-refractivity contribution in [1.82, 2.24) is 19.9 Å².